The predicted molar refractivity (Wildman–Crippen MR) is 128 cm³/mol. The number of hydrogen-bond acceptors (Lipinski definition) is 5. The molecule has 5 nitrogen and oxygen atoms in total. The van der Waals surface area contributed by atoms with Crippen molar-refractivity contribution in [3.05, 3.63) is 97.9 Å². The number of nitrogens with one attached hydrogen (secondary N) is 1. The van der Waals surface area contributed by atoms with Crippen LogP contribution in [0.3, 0.4) is 0 Å². The highest BCUT2D eigenvalue weighted by molar-refractivity contribution is 7.15. The number of anilines is 1. The van der Waals surface area contributed by atoms with Crippen LogP contribution in [0.1, 0.15) is 38.0 Å². The first-order valence-electron chi connectivity index (χ1n) is 9.87. The molecule has 0 radical (unpaired) electrons. The Balaban J connectivity index is 1.37. The second-order valence-electron chi connectivity index (χ2n) is 7.27. The van der Waals surface area contributed by atoms with Gasteiger partial charge in [-0.25, -0.2) is 4.98 Å². The van der Waals surface area contributed by atoms with Crippen molar-refractivity contribution in [2.24, 2.45) is 0 Å². The quantitative estimate of drug-likeness (QED) is 0.303. The highest BCUT2D eigenvalue weighted by Crippen LogP contribution is 2.29. The number of furan rings is 1. The molecule has 0 atom stereocenters. The molecule has 4 rings (SSSR count). The van der Waals surface area contributed by atoms with E-state index in [1.807, 2.05) is 50.2 Å². The maximum absolute atomic E-state index is 12.6. The number of hydrogen-bond donors (Lipinski definition) is 1. The van der Waals surface area contributed by atoms with Crippen molar-refractivity contribution < 1.29 is 13.9 Å². The normalized spacial score (nSPS) is 10.9. The molecule has 1 N–H and O–H groups in total. The minimum Gasteiger partial charge on any atom is -0.486 e. The lowest BCUT2D eigenvalue weighted by Gasteiger charge is -2.04. The van der Waals surface area contributed by atoms with Gasteiger partial charge in [0.1, 0.15) is 18.1 Å². The summed E-state index contributed by atoms with van der Waals surface area (Å²) in [6, 6.07) is 16.6. The van der Waals surface area contributed by atoms with Gasteiger partial charge in [0.15, 0.2) is 10.9 Å². The smallest absolute Gasteiger partial charge is 0.293 e. The number of halogens is 2. The summed E-state index contributed by atoms with van der Waals surface area (Å²) >= 11 is 13.5. The summed E-state index contributed by atoms with van der Waals surface area (Å²) in [5.74, 6) is 1.14. The van der Waals surface area contributed by atoms with E-state index in [-0.39, 0.29) is 18.3 Å². The molecule has 2 heterocycles. The summed E-state index contributed by atoms with van der Waals surface area (Å²) in [5, 5.41) is 4.35. The van der Waals surface area contributed by atoms with Crippen LogP contribution in [0.4, 0.5) is 5.13 Å². The molecular formula is C24H20Cl2N2O3S. The van der Waals surface area contributed by atoms with Crippen molar-refractivity contribution in [3.63, 3.8) is 0 Å². The summed E-state index contributed by atoms with van der Waals surface area (Å²) < 4.78 is 11.3. The average Bonchev–Trinajstić information content (AvgIpc) is 3.37. The van der Waals surface area contributed by atoms with Gasteiger partial charge in [-0.2, -0.15) is 0 Å². The van der Waals surface area contributed by atoms with E-state index in [2.05, 4.69) is 10.3 Å². The summed E-state index contributed by atoms with van der Waals surface area (Å²) in [7, 11) is 0. The largest absolute Gasteiger partial charge is 0.486 e. The molecule has 0 spiro atoms. The molecule has 0 bridgehead atoms. The third kappa shape index (κ3) is 5.51. The van der Waals surface area contributed by atoms with Crippen LogP contribution in [0.25, 0.3) is 0 Å². The van der Waals surface area contributed by atoms with Crippen LogP contribution in [-0.2, 0) is 13.0 Å². The number of carbonyl (C=O) groups is 1. The van der Waals surface area contributed by atoms with Crippen LogP contribution in [0.15, 0.2) is 59.0 Å². The van der Waals surface area contributed by atoms with Crippen molar-refractivity contribution in [1.82, 2.24) is 4.98 Å². The maximum Gasteiger partial charge on any atom is 0.293 e. The van der Waals surface area contributed by atoms with Gasteiger partial charge >= 0.3 is 0 Å². The molecular weight excluding hydrogens is 467 g/mol. The zero-order chi connectivity index (χ0) is 22.7. The van der Waals surface area contributed by atoms with Crippen LogP contribution >= 0.6 is 34.5 Å². The van der Waals surface area contributed by atoms with E-state index in [9.17, 15) is 4.79 Å². The van der Waals surface area contributed by atoms with Crippen LogP contribution in [0.5, 0.6) is 5.75 Å². The molecule has 164 valence electrons. The van der Waals surface area contributed by atoms with Gasteiger partial charge in [-0.15, -0.1) is 11.3 Å². The summed E-state index contributed by atoms with van der Waals surface area (Å²) in [6.07, 6.45) is 0.650. The first-order chi connectivity index (χ1) is 15.4. The predicted octanol–water partition coefficient (Wildman–Crippen LogP) is 7.08. The highest BCUT2D eigenvalue weighted by atomic mass is 35.5. The molecule has 0 saturated carbocycles. The number of rotatable bonds is 7. The lowest BCUT2D eigenvalue weighted by atomic mass is 10.1. The number of aryl methyl sites for hydroxylation is 2. The number of thiazole rings is 1. The van der Waals surface area contributed by atoms with Crippen molar-refractivity contribution >= 4 is 45.6 Å². The topological polar surface area (TPSA) is 64.4 Å². The Morgan fingerprint density at radius 3 is 2.59 bits per heavy atom. The number of amides is 1. The minimum atomic E-state index is -0.360. The molecule has 1 amide bonds. The first kappa shape index (κ1) is 22.4. The van der Waals surface area contributed by atoms with Gasteiger partial charge in [0, 0.05) is 11.3 Å². The lowest BCUT2D eigenvalue weighted by molar-refractivity contribution is 0.0992. The molecule has 2 aromatic heterocycles. The van der Waals surface area contributed by atoms with E-state index in [0.717, 1.165) is 27.4 Å². The number of nitrogens with zero attached hydrogens (tertiary/aromatic N) is 1. The Morgan fingerprint density at radius 2 is 1.84 bits per heavy atom. The van der Waals surface area contributed by atoms with E-state index in [1.54, 1.807) is 18.2 Å². The zero-order valence-electron chi connectivity index (χ0n) is 17.4. The van der Waals surface area contributed by atoms with E-state index in [4.69, 9.17) is 32.4 Å². The van der Waals surface area contributed by atoms with Crippen molar-refractivity contribution in [2.45, 2.75) is 26.9 Å². The number of benzene rings is 2. The van der Waals surface area contributed by atoms with Crippen molar-refractivity contribution in [2.75, 3.05) is 5.32 Å². The molecule has 0 aliphatic carbocycles. The van der Waals surface area contributed by atoms with Gasteiger partial charge in [0.25, 0.3) is 5.91 Å². The fourth-order valence-electron chi connectivity index (χ4n) is 3.01. The Hall–Kier alpha value is -2.80. The Bertz CT molecular complexity index is 1250. The summed E-state index contributed by atoms with van der Waals surface area (Å²) in [5.41, 5.74) is 3.03. The van der Waals surface area contributed by atoms with Crippen molar-refractivity contribution in [1.29, 1.82) is 0 Å². The van der Waals surface area contributed by atoms with Gasteiger partial charge in [-0.05, 0) is 55.8 Å². The number of ether oxygens (including phenoxy) is 1. The second kappa shape index (κ2) is 9.77. The summed E-state index contributed by atoms with van der Waals surface area (Å²) in [4.78, 5) is 18.1. The van der Waals surface area contributed by atoms with E-state index in [0.29, 0.717) is 27.4 Å². The Morgan fingerprint density at radius 1 is 1.06 bits per heavy atom. The van der Waals surface area contributed by atoms with Crippen LogP contribution in [0, 0.1) is 13.8 Å². The van der Waals surface area contributed by atoms with Gasteiger partial charge in [-0.3, -0.25) is 10.1 Å². The number of carbonyl (C=O) groups excluding carboxylic acids is 1. The van der Waals surface area contributed by atoms with E-state index >= 15 is 0 Å². The molecule has 0 saturated heterocycles. The third-order valence-electron chi connectivity index (χ3n) is 4.75. The van der Waals surface area contributed by atoms with Crippen molar-refractivity contribution in [3.8, 4) is 5.75 Å². The molecule has 0 aliphatic rings. The van der Waals surface area contributed by atoms with Crippen LogP contribution < -0.4 is 10.1 Å². The zero-order valence-corrected chi connectivity index (χ0v) is 19.8. The fraction of sp³-hybridized carbons (Fsp3) is 0.167. The lowest BCUT2D eigenvalue weighted by Crippen LogP contribution is -2.10. The average molecular weight is 487 g/mol. The monoisotopic (exact) mass is 486 g/mol. The molecule has 32 heavy (non-hydrogen) atoms. The molecule has 0 unspecified atom stereocenters. The Labute approximate surface area is 200 Å². The van der Waals surface area contributed by atoms with Gasteiger partial charge in [0.05, 0.1) is 15.7 Å². The molecule has 4 aromatic rings. The van der Waals surface area contributed by atoms with Crippen LogP contribution in [0.2, 0.25) is 10.0 Å². The standard InChI is InChI=1S/C24H20Cl2N2O3S/c1-14-3-6-17(7-4-14)30-13-18-8-10-21(31-18)23(29)28-24-27-15(2)22(32-24)12-16-5-9-19(25)20(26)11-16/h3-11H,12-13H2,1-2H3,(H,27,28,29). The molecule has 0 fully saturated rings. The summed E-state index contributed by atoms with van der Waals surface area (Å²) in [6.45, 7) is 4.16. The number of aromatic nitrogens is 1. The molecule has 2 aromatic carbocycles. The third-order valence-corrected chi connectivity index (χ3v) is 6.56. The fourth-order valence-corrected chi connectivity index (χ4v) is 4.32. The second-order valence-corrected chi connectivity index (χ2v) is 9.17. The molecule has 8 heteroatoms. The SMILES string of the molecule is Cc1ccc(OCc2ccc(C(=O)Nc3nc(C)c(Cc4ccc(Cl)c(Cl)c4)s3)o2)cc1. The molecule has 0 aliphatic heterocycles. The van der Waals surface area contributed by atoms with Gasteiger partial charge < -0.3 is 9.15 Å². The van der Waals surface area contributed by atoms with Gasteiger partial charge in [0.2, 0.25) is 0 Å². The van der Waals surface area contributed by atoms with E-state index < -0.39 is 0 Å². The van der Waals surface area contributed by atoms with E-state index in [1.165, 1.54) is 11.3 Å². The Kier molecular flexibility index (Phi) is 6.84. The maximum atomic E-state index is 12.6. The highest BCUT2D eigenvalue weighted by Gasteiger charge is 2.16. The first-order valence-corrected chi connectivity index (χ1v) is 11.4. The minimum absolute atomic E-state index is 0.200. The van der Waals surface area contributed by atoms with Crippen LogP contribution in [-0.4, -0.2) is 10.9 Å². The van der Waals surface area contributed by atoms with Gasteiger partial charge in [-0.1, -0.05) is 47.0 Å².